The number of carbonyl (C=O) groups is 2. The fourth-order valence-corrected chi connectivity index (χ4v) is 4.87. The zero-order valence-corrected chi connectivity index (χ0v) is 14.0. The maximum Gasteiger partial charge on any atom is 0.259 e. The van der Waals surface area contributed by atoms with Crippen molar-refractivity contribution in [3.63, 3.8) is 0 Å². The lowest BCUT2D eigenvalue weighted by Gasteiger charge is -2.35. The summed E-state index contributed by atoms with van der Waals surface area (Å²) >= 11 is 1.56. The van der Waals surface area contributed by atoms with E-state index in [9.17, 15) is 9.59 Å². The highest BCUT2D eigenvalue weighted by Crippen LogP contribution is 2.56. The van der Waals surface area contributed by atoms with E-state index in [2.05, 4.69) is 13.8 Å². The predicted molar refractivity (Wildman–Crippen MR) is 88.9 cm³/mol. The number of amides is 2. The molecule has 1 saturated heterocycles. The van der Waals surface area contributed by atoms with Gasteiger partial charge in [0.05, 0.1) is 5.69 Å². The topological polar surface area (TPSA) is 40.6 Å². The second-order valence-corrected chi connectivity index (χ2v) is 7.19. The molecule has 2 heterocycles. The lowest BCUT2D eigenvalue weighted by Crippen LogP contribution is -2.54. The minimum atomic E-state index is -0.745. The third kappa shape index (κ3) is 2.22. The van der Waals surface area contributed by atoms with E-state index >= 15 is 0 Å². The van der Waals surface area contributed by atoms with E-state index in [1.165, 1.54) is 0 Å². The van der Waals surface area contributed by atoms with Gasteiger partial charge in [-0.25, -0.2) is 0 Å². The van der Waals surface area contributed by atoms with Crippen molar-refractivity contribution >= 4 is 29.3 Å². The number of para-hydroxylation sites is 1. The Bertz CT molecular complexity index is 598. The van der Waals surface area contributed by atoms with Crippen LogP contribution in [0.4, 0.5) is 5.69 Å². The number of rotatable bonds is 5. The van der Waals surface area contributed by atoms with E-state index in [0.29, 0.717) is 12.8 Å². The minimum Gasteiger partial charge on any atom is -0.340 e. The first kappa shape index (κ1) is 15.4. The molecule has 0 aromatic heterocycles. The Kier molecular flexibility index (Phi) is 4.17. The van der Waals surface area contributed by atoms with Crippen LogP contribution in [-0.2, 0) is 9.59 Å². The Balaban J connectivity index is 1.98. The molecule has 0 spiro atoms. The van der Waals surface area contributed by atoms with Gasteiger partial charge in [-0.3, -0.25) is 14.5 Å². The molecule has 0 aliphatic carbocycles. The molecule has 1 fully saturated rings. The molecule has 2 aliphatic heterocycles. The van der Waals surface area contributed by atoms with Crippen molar-refractivity contribution in [3.05, 3.63) is 24.3 Å². The van der Waals surface area contributed by atoms with E-state index in [-0.39, 0.29) is 11.8 Å². The van der Waals surface area contributed by atoms with Crippen molar-refractivity contribution in [2.75, 3.05) is 18.0 Å². The number of hydrogen-bond acceptors (Lipinski definition) is 3. The van der Waals surface area contributed by atoms with E-state index in [4.69, 9.17) is 0 Å². The van der Waals surface area contributed by atoms with Crippen LogP contribution in [0, 0.1) is 0 Å². The Morgan fingerprint density at radius 1 is 1.27 bits per heavy atom. The molecular weight excluding hydrogens is 296 g/mol. The molecule has 3 rings (SSSR count). The Morgan fingerprint density at radius 3 is 2.64 bits per heavy atom. The van der Waals surface area contributed by atoms with Crippen molar-refractivity contribution in [2.24, 2.45) is 0 Å². The molecule has 2 aliphatic rings. The van der Waals surface area contributed by atoms with Crippen molar-refractivity contribution in [2.45, 2.75) is 49.3 Å². The molecule has 22 heavy (non-hydrogen) atoms. The number of benzene rings is 1. The zero-order valence-electron chi connectivity index (χ0n) is 13.2. The van der Waals surface area contributed by atoms with Gasteiger partial charge in [0.2, 0.25) is 5.91 Å². The van der Waals surface area contributed by atoms with Crippen molar-refractivity contribution in [1.82, 2.24) is 4.90 Å². The summed E-state index contributed by atoms with van der Waals surface area (Å²) in [4.78, 5) is 29.6. The van der Waals surface area contributed by atoms with Crippen molar-refractivity contribution in [1.29, 1.82) is 0 Å². The molecule has 2 amide bonds. The summed E-state index contributed by atoms with van der Waals surface area (Å²) < 4.78 is 0. The van der Waals surface area contributed by atoms with Gasteiger partial charge >= 0.3 is 0 Å². The maximum atomic E-state index is 13.3. The van der Waals surface area contributed by atoms with Gasteiger partial charge < -0.3 is 4.90 Å². The highest BCUT2D eigenvalue weighted by molar-refractivity contribution is 8.02. The fraction of sp³-hybridized carbons (Fsp3) is 0.529. The number of carbonyl (C=O) groups excluding carboxylic acids is 2. The summed E-state index contributed by atoms with van der Waals surface area (Å²) in [5.74, 6) is 0.169. The van der Waals surface area contributed by atoms with Crippen LogP contribution in [0.1, 0.15) is 39.5 Å². The van der Waals surface area contributed by atoms with E-state index in [0.717, 1.165) is 36.5 Å². The summed E-state index contributed by atoms with van der Waals surface area (Å²) in [6.45, 7) is 5.68. The third-order valence-electron chi connectivity index (χ3n) is 4.28. The first-order chi connectivity index (χ1) is 10.6. The predicted octanol–water partition coefficient (Wildman–Crippen LogP) is 3.26. The number of fused-ring (bicyclic) bond motifs is 3. The smallest absolute Gasteiger partial charge is 0.259 e. The molecule has 1 unspecified atom stereocenters. The van der Waals surface area contributed by atoms with Crippen LogP contribution < -0.4 is 4.90 Å². The molecule has 4 nitrogen and oxygen atoms in total. The molecule has 5 heteroatoms. The van der Waals surface area contributed by atoms with Gasteiger partial charge in [-0.15, -0.1) is 0 Å². The Labute approximate surface area is 135 Å². The molecule has 118 valence electrons. The molecule has 1 aromatic carbocycles. The average molecular weight is 318 g/mol. The summed E-state index contributed by atoms with van der Waals surface area (Å²) in [5, 5.41) is 0. The molecule has 1 aromatic rings. The van der Waals surface area contributed by atoms with Crippen LogP contribution in [0.3, 0.4) is 0 Å². The number of hydrogen-bond donors (Lipinski definition) is 0. The first-order valence-electron chi connectivity index (χ1n) is 8.04. The monoisotopic (exact) mass is 318 g/mol. The second-order valence-electron chi connectivity index (χ2n) is 5.88. The SMILES string of the molecule is CCCN(CCC)C(=O)C12CCC(=O)N1c1ccccc1S2. The molecule has 1 atom stereocenters. The van der Waals surface area contributed by atoms with Crippen molar-refractivity contribution in [3.8, 4) is 0 Å². The average Bonchev–Trinajstić information content (AvgIpc) is 3.02. The van der Waals surface area contributed by atoms with Gasteiger partial charge in [0, 0.05) is 24.4 Å². The van der Waals surface area contributed by atoms with E-state index < -0.39 is 4.87 Å². The van der Waals surface area contributed by atoms with Crippen LogP contribution in [0.5, 0.6) is 0 Å². The lowest BCUT2D eigenvalue weighted by atomic mass is 10.1. The summed E-state index contributed by atoms with van der Waals surface area (Å²) in [7, 11) is 0. The maximum absolute atomic E-state index is 13.3. The van der Waals surface area contributed by atoms with Gasteiger partial charge in [0.1, 0.15) is 0 Å². The van der Waals surface area contributed by atoms with Crippen LogP contribution in [-0.4, -0.2) is 34.7 Å². The highest BCUT2D eigenvalue weighted by Gasteiger charge is 2.58. The van der Waals surface area contributed by atoms with Gasteiger partial charge in [-0.05, 0) is 31.4 Å². The van der Waals surface area contributed by atoms with Crippen LogP contribution in [0.25, 0.3) is 0 Å². The van der Waals surface area contributed by atoms with E-state index in [1.54, 1.807) is 16.7 Å². The summed E-state index contributed by atoms with van der Waals surface area (Å²) in [6.07, 6.45) is 2.94. The van der Waals surface area contributed by atoms with Gasteiger partial charge in [-0.1, -0.05) is 37.7 Å². The number of nitrogens with zero attached hydrogens (tertiary/aromatic N) is 2. The largest absolute Gasteiger partial charge is 0.340 e. The van der Waals surface area contributed by atoms with Crippen LogP contribution >= 0.6 is 11.8 Å². The molecule has 0 bridgehead atoms. The third-order valence-corrected chi connectivity index (χ3v) is 5.75. The van der Waals surface area contributed by atoms with Gasteiger partial charge in [0.25, 0.3) is 5.91 Å². The lowest BCUT2D eigenvalue weighted by molar-refractivity contribution is -0.134. The highest BCUT2D eigenvalue weighted by atomic mass is 32.2. The number of thioether (sulfide) groups is 1. The first-order valence-corrected chi connectivity index (χ1v) is 8.86. The van der Waals surface area contributed by atoms with Gasteiger partial charge in [0.15, 0.2) is 4.87 Å². The summed E-state index contributed by atoms with van der Waals surface area (Å²) in [6, 6.07) is 7.85. The molecule has 0 radical (unpaired) electrons. The standard InChI is InChI=1S/C17H22N2O2S/c1-3-11-18(12-4-2)16(21)17-10-9-15(20)19(17)13-7-5-6-8-14(13)22-17/h5-8H,3-4,9-12H2,1-2H3. The molecular formula is C17H22N2O2S. The summed E-state index contributed by atoms with van der Waals surface area (Å²) in [5.41, 5.74) is 0.899. The molecule has 0 saturated carbocycles. The Morgan fingerprint density at radius 2 is 1.95 bits per heavy atom. The van der Waals surface area contributed by atoms with Gasteiger partial charge in [-0.2, -0.15) is 0 Å². The second kappa shape index (κ2) is 5.95. The zero-order chi connectivity index (χ0) is 15.7. The number of anilines is 1. The van der Waals surface area contributed by atoms with E-state index in [1.807, 2.05) is 29.2 Å². The van der Waals surface area contributed by atoms with Crippen molar-refractivity contribution < 1.29 is 9.59 Å². The Hall–Kier alpha value is -1.49. The minimum absolute atomic E-state index is 0.0683. The normalized spacial score (nSPS) is 22.6. The van der Waals surface area contributed by atoms with Crippen LogP contribution in [0.2, 0.25) is 0 Å². The molecule has 0 N–H and O–H groups in total. The van der Waals surface area contributed by atoms with Crippen LogP contribution in [0.15, 0.2) is 29.2 Å². The quantitative estimate of drug-likeness (QED) is 0.836. The fourth-order valence-electron chi connectivity index (χ4n) is 3.39.